The summed E-state index contributed by atoms with van der Waals surface area (Å²) in [7, 11) is 0. The maximum Gasteiger partial charge on any atom is 0.335 e. The number of carbonyl (C=O) groups is 4. The number of carboxylic acids is 1. The number of urea groups is 1. The molecule has 2 aromatic carbocycles. The van der Waals surface area contributed by atoms with Crippen molar-refractivity contribution in [3.63, 3.8) is 0 Å². The maximum atomic E-state index is 13.0. The van der Waals surface area contributed by atoms with E-state index in [0.29, 0.717) is 11.3 Å². The minimum atomic E-state index is -1.00. The fourth-order valence-electron chi connectivity index (χ4n) is 4.13. The molecule has 0 aromatic heterocycles. The summed E-state index contributed by atoms with van der Waals surface area (Å²) in [4.78, 5) is 49.9. The van der Waals surface area contributed by atoms with E-state index in [0.717, 1.165) is 37.7 Å². The van der Waals surface area contributed by atoms with Gasteiger partial charge in [0.2, 0.25) is 0 Å². The second kappa shape index (κ2) is 9.68. The Morgan fingerprint density at radius 2 is 1.79 bits per heavy atom. The zero-order valence-corrected chi connectivity index (χ0v) is 18.0. The number of rotatable bonds is 6. The zero-order chi connectivity index (χ0) is 23.4. The molecule has 1 aliphatic carbocycles. The molecule has 4 rings (SSSR count). The molecule has 0 bridgehead atoms. The summed E-state index contributed by atoms with van der Waals surface area (Å²) >= 11 is 0. The molecule has 0 atom stereocenters. The van der Waals surface area contributed by atoms with Gasteiger partial charge in [-0.1, -0.05) is 43.5 Å². The van der Waals surface area contributed by atoms with E-state index in [1.165, 1.54) is 17.0 Å². The molecule has 2 aromatic rings. The van der Waals surface area contributed by atoms with Crippen LogP contribution in [0.2, 0.25) is 0 Å². The molecule has 2 aliphatic rings. The van der Waals surface area contributed by atoms with Gasteiger partial charge in [-0.15, -0.1) is 0 Å². The lowest BCUT2D eigenvalue weighted by Crippen LogP contribution is -2.58. The van der Waals surface area contributed by atoms with E-state index in [9.17, 15) is 19.2 Å². The third kappa shape index (κ3) is 5.11. The first-order chi connectivity index (χ1) is 15.9. The molecule has 0 spiro atoms. The summed E-state index contributed by atoms with van der Waals surface area (Å²) in [5.41, 5.74) is 1.46. The van der Waals surface area contributed by atoms with E-state index in [4.69, 9.17) is 9.84 Å². The van der Waals surface area contributed by atoms with Gasteiger partial charge in [-0.05, 0) is 54.3 Å². The Hall–Kier alpha value is -3.94. The lowest BCUT2D eigenvalue weighted by atomic mass is 9.93. The highest BCUT2D eigenvalue weighted by atomic mass is 16.5. The van der Waals surface area contributed by atoms with Crippen molar-refractivity contribution in [1.29, 1.82) is 0 Å². The van der Waals surface area contributed by atoms with Gasteiger partial charge in [-0.25, -0.2) is 9.59 Å². The number of benzene rings is 2. The molecule has 170 valence electrons. The Kier molecular flexibility index (Phi) is 6.53. The fourth-order valence-corrected chi connectivity index (χ4v) is 4.13. The van der Waals surface area contributed by atoms with Crippen LogP contribution in [0.25, 0.3) is 6.08 Å². The van der Waals surface area contributed by atoms with Crippen molar-refractivity contribution in [3.05, 3.63) is 70.8 Å². The SMILES string of the molecule is O=C1NC(=O)N(C2CCCCC2)C(=O)C1=Cc1ccc(OCc2cccc(C(=O)O)c2)cc1. The minimum absolute atomic E-state index is 0.0701. The van der Waals surface area contributed by atoms with Crippen LogP contribution in [-0.2, 0) is 16.2 Å². The highest BCUT2D eigenvalue weighted by Crippen LogP contribution is 2.26. The number of aromatic carboxylic acids is 1. The van der Waals surface area contributed by atoms with Gasteiger partial charge in [0, 0.05) is 6.04 Å². The largest absolute Gasteiger partial charge is 0.489 e. The molecule has 4 amide bonds. The molecule has 1 saturated carbocycles. The predicted octanol–water partition coefficient (Wildman–Crippen LogP) is 3.76. The van der Waals surface area contributed by atoms with Crippen LogP contribution in [-0.4, -0.2) is 39.9 Å². The average Bonchev–Trinajstić information content (AvgIpc) is 2.82. The van der Waals surface area contributed by atoms with Crippen LogP contribution >= 0.6 is 0 Å². The van der Waals surface area contributed by atoms with Crippen molar-refractivity contribution in [3.8, 4) is 5.75 Å². The van der Waals surface area contributed by atoms with E-state index in [1.54, 1.807) is 42.5 Å². The average molecular weight is 448 g/mol. The Labute approximate surface area is 190 Å². The quantitative estimate of drug-likeness (QED) is 0.514. The summed E-state index contributed by atoms with van der Waals surface area (Å²) in [6.45, 7) is 0.195. The number of barbiturate groups is 1. The van der Waals surface area contributed by atoms with Crippen LogP contribution in [0.5, 0.6) is 5.75 Å². The van der Waals surface area contributed by atoms with Crippen molar-refractivity contribution in [2.45, 2.75) is 44.8 Å². The van der Waals surface area contributed by atoms with Gasteiger partial charge in [-0.3, -0.25) is 19.8 Å². The standard InChI is InChI=1S/C25H24N2O6/c28-22-21(23(29)27(25(32)26-22)19-7-2-1-3-8-19)14-16-9-11-20(12-10-16)33-15-17-5-4-6-18(13-17)24(30)31/h4-6,9-14,19H,1-3,7-8,15H2,(H,30,31)(H,26,28,32). The molecule has 0 radical (unpaired) electrons. The molecule has 1 aliphatic heterocycles. The second-order valence-corrected chi connectivity index (χ2v) is 8.15. The van der Waals surface area contributed by atoms with E-state index in [-0.39, 0.29) is 23.8 Å². The van der Waals surface area contributed by atoms with Crippen LogP contribution in [0.1, 0.15) is 53.6 Å². The van der Waals surface area contributed by atoms with E-state index in [2.05, 4.69) is 5.32 Å². The van der Waals surface area contributed by atoms with Gasteiger partial charge in [0.15, 0.2) is 0 Å². The number of nitrogens with zero attached hydrogens (tertiary/aromatic N) is 1. The first-order valence-electron chi connectivity index (χ1n) is 10.9. The first kappa shape index (κ1) is 22.3. The summed E-state index contributed by atoms with van der Waals surface area (Å²) in [6.07, 6.45) is 5.97. The molecule has 8 heteroatoms. The van der Waals surface area contributed by atoms with Crippen LogP contribution in [0.15, 0.2) is 54.1 Å². The molecular weight excluding hydrogens is 424 g/mol. The van der Waals surface area contributed by atoms with Gasteiger partial charge in [0.1, 0.15) is 17.9 Å². The number of carbonyl (C=O) groups excluding carboxylic acids is 3. The maximum absolute atomic E-state index is 13.0. The number of amides is 4. The minimum Gasteiger partial charge on any atom is -0.489 e. The normalized spacial score (nSPS) is 18.4. The topological polar surface area (TPSA) is 113 Å². The van der Waals surface area contributed by atoms with Gasteiger partial charge in [-0.2, -0.15) is 0 Å². The summed E-state index contributed by atoms with van der Waals surface area (Å²) in [6, 6.07) is 12.5. The van der Waals surface area contributed by atoms with Crippen molar-refractivity contribution < 1.29 is 29.0 Å². The highest BCUT2D eigenvalue weighted by Gasteiger charge is 2.40. The third-order valence-electron chi connectivity index (χ3n) is 5.84. The number of carboxylic acid groups (broad SMARTS) is 1. The van der Waals surface area contributed by atoms with E-state index in [1.807, 2.05) is 0 Å². The first-order valence-corrected chi connectivity index (χ1v) is 10.9. The van der Waals surface area contributed by atoms with E-state index >= 15 is 0 Å². The Bertz CT molecular complexity index is 1120. The monoisotopic (exact) mass is 448 g/mol. The van der Waals surface area contributed by atoms with Crippen LogP contribution in [0.4, 0.5) is 4.79 Å². The molecule has 8 nitrogen and oxygen atoms in total. The summed E-state index contributed by atoms with van der Waals surface area (Å²) < 4.78 is 5.71. The molecule has 33 heavy (non-hydrogen) atoms. The zero-order valence-electron chi connectivity index (χ0n) is 18.0. The van der Waals surface area contributed by atoms with Crippen molar-refractivity contribution in [1.82, 2.24) is 10.2 Å². The molecule has 1 saturated heterocycles. The smallest absolute Gasteiger partial charge is 0.335 e. The Morgan fingerprint density at radius 1 is 1.06 bits per heavy atom. The van der Waals surface area contributed by atoms with Crippen LogP contribution in [0.3, 0.4) is 0 Å². The molecule has 0 unspecified atom stereocenters. The molecule has 2 N–H and O–H groups in total. The van der Waals surface area contributed by atoms with Gasteiger partial charge in [0.05, 0.1) is 5.56 Å². The van der Waals surface area contributed by atoms with Gasteiger partial charge >= 0.3 is 12.0 Å². The fraction of sp³-hybridized carbons (Fsp3) is 0.280. The number of imide groups is 2. The predicted molar refractivity (Wildman–Crippen MR) is 119 cm³/mol. The number of hydrogen-bond donors (Lipinski definition) is 2. The molecule has 1 heterocycles. The van der Waals surface area contributed by atoms with Crippen molar-refractivity contribution in [2.75, 3.05) is 0 Å². The highest BCUT2D eigenvalue weighted by molar-refractivity contribution is 6.31. The lowest BCUT2D eigenvalue weighted by molar-refractivity contribution is -0.132. The number of ether oxygens (including phenoxy) is 1. The van der Waals surface area contributed by atoms with Crippen LogP contribution < -0.4 is 10.1 Å². The van der Waals surface area contributed by atoms with Gasteiger partial charge < -0.3 is 9.84 Å². The Balaban J connectivity index is 1.45. The van der Waals surface area contributed by atoms with E-state index < -0.39 is 23.8 Å². The summed E-state index contributed by atoms with van der Waals surface area (Å²) in [5, 5.41) is 11.4. The molecule has 2 fully saturated rings. The second-order valence-electron chi connectivity index (χ2n) is 8.15. The van der Waals surface area contributed by atoms with Crippen molar-refractivity contribution >= 4 is 29.9 Å². The molecular formula is C25H24N2O6. The van der Waals surface area contributed by atoms with Crippen LogP contribution in [0, 0.1) is 0 Å². The lowest BCUT2D eigenvalue weighted by Gasteiger charge is -2.35. The van der Waals surface area contributed by atoms with Crippen molar-refractivity contribution in [2.24, 2.45) is 0 Å². The third-order valence-corrected chi connectivity index (χ3v) is 5.84. The van der Waals surface area contributed by atoms with Gasteiger partial charge in [0.25, 0.3) is 11.8 Å². The Morgan fingerprint density at radius 3 is 2.48 bits per heavy atom. The number of nitrogens with one attached hydrogen (secondary N) is 1. The summed E-state index contributed by atoms with van der Waals surface area (Å²) in [5.74, 6) is -1.71. The number of hydrogen-bond acceptors (Lipinski definition) is 5.